The predicted octanol–water partition coefficient (Wildman–Crippen LogP) is 0.499. The van der Waals surface area contributed by atoms with Gasteiger partial charge in [0.25, 0.3) is 0 Å². The van der Waals surface area contributed by atoms with E-state index in [9.17, 15) is 0 Å². The van der Waals surface area contributed by atoms with E-state index in [0.29, 0.717) is 5.05 Å². The van der Waals surface area contributed by atoms with Crippen molar-refractivity contribution < 1.29 is 9.16 Å². The zero-order valence-electron chi connectivity index (χ0n) is 5.85. The summed E-state index contributed by atoms with van der Waals surface area (Å²) in [4.78, 5) is 0. The largest absolute Gasteiger partial charge is 0.490 e. The maximum atomic E-state index is 4.96. The van der Waals surface area contributed by atoms with Gasteiger partial charge < -0.3 is 9.16 Å². The molecule has 0 atom stereocenters. The van der Waals surface area contributed by atoms with Crippen LogP contribution in [-0.2, 0) is 9.16 Å². The summed E-state index contributed by atoms with van der Waals surface area (Å²) in [5.41, 5.74) is 0. The molecule has 0 aliphatic carbocycles. The molecule has 0 aliphatic heterocycles. The summed E-state index contributed by atoms with van der Waals surface area (Å²) in [6.07, 6.45) is 0.881. The van der Waals surface area contributed by atoms with Crippen molar-refractivity contribution in [1.82, 2.24) is 0 Å². The van der Waals surface area contributed by atoms with Gasteiger partial charge in [0.15, 0.2) is 14.8 Å². The van der Waals surface area contributed by atoms with Crippen molar-refractivity contribution in [2.24, 2.45) is 0 Å². The highest BCUT2D eigenvalue weighted by Gasteiger charge is 1.93. The van der Waals surface area contributed by atoms with Crippen LogP contribution in [0.3, 0.4) is 0 Å². The highest BCUT2D eigenvalue weighted by Crippen LogP contribution is 1.93. The lowest BCUT2D eigenvalue weighted by atomic mass is 10.5. The Morgan fingerprint density at radius 2 is 2.22 bits per heavy atom. The Morgan fingerprint density at radius 3 is 2.67 bits per heavy atom. The molecule has 0 amide bonds. The molecule has 9 heavy (non-hydrogen) atoms. The molecular formula is C5H12O2SSi. The second-order valence-electron chi connectivity index (χ2n) is 1.67. The summed E-state index contributed by atoms with van der Waals surface area (Å²) in [7, 11) is 3.05. The fraction of sp³-hybridized carbons (Fsp3) is 0.800. The minimum atomic E-state index is -0.298. The standard InChI is InChI=1S/C5H12O2SSi/c1-6-5(8)3-4-9-7-2/h3-4,9H2,1-2H3. The minimum Gasteiger partial charge on any atom is -0.490 e. The highest BCUT2D eigenvalue weighted by molar-refractivity contribution is 7.80. The number of hydrogen-bond donors (Lipinski definition) is 0. The molecular weight excluding hydrogens is 152 g/mol. The number of thiocarbonyl (C=S) groups is 1. The first-order valence-electron chi connectivity index (χ1n) is 2.87. The molecule has 0 aliphatic rings. The highest BCUT2D eigenvalue weighted by atomic mass is 32.1. The number of ether oxygens (including phenoxy) is 1. The van der Waals surface area contributed by atoms with Crippen molar-refractivity contribution in [3.05, 3.63) is 0 Å². The van der Waals surface area contributed by atoms with E-state index in [2.05, 4.69) is 0 Å². The predicted molar refractivity (Wildman–Crippen MR) is 44.6 cm³/mol. The van der Waals surface area contributed by atoms with E-state index in [0.717, 1.165) is 12.5 Å². The molecule has 0 N–H and O–H groups in total. The molecule has 54 valence electrons. The van der Waals surface area contributed by atoms with Gasteiger partial charge in [-0.05, 0) is 18.3 Å². The topological polar surface area (TPSA) is 18.5 Å². The average molecular weight is 164 g/mol. The third-order valence-corrected chi connectivity index (χ3v) is 2.38. The molecule has 0 aromatic carbocycles. The first-order chi connectivity index (χ1) is 4.31. The molecule has 0 heterocycles. The van der Waals surface area contributed by atoms with Crippen molar-refractivity contribution in [1.29, 1.82) is 0 Å². The van der Waals surface area contributed by atoms with Crippen molar-refractivity contribution in [2.75, 3.05) is 14.2 Å². The van der Waals surface area contributed by atoms with Crippen LogP contribution in [0.2, 0.25) is 6.04 Å². The average Bonchev–Trinajstić information content (AvgIpc) is 1.89. The van der Waals surface area contributed by atoms with Crippen molar-refractivity contribution in [3.63, 3.8) is 0 Å². The van der Waals surface area contributed by atoms with Gasteiger partial charge in [-0.25, -0.2) is 0 Å². The lowest BCUT2D eigenvalue weighted by Crippen LogP contribution is -2.00. The molecule has 0 aromatic rings. The van der Waals surface area contributed by atoms with Gasteiger partial charge >= 0.3 is 0 Å². The van der Waals surface area contributed by atoms with Gasteiger partial charge in [-0.3, -0.25) is 0 Å². The fourth-order valence-corrected chi connectivity index (χ4v) is 1.62. The van der Waals surface area contributed by atoms with Gasteiger partial charge in [0.05, 0.1) is 7.11 Å². The van der Waals surface area contributed by atoms with Crippen LogP contribution in [0.4, 0.5) is 0 Å². The van der Waals surface area contributed by atoms with Gasteiger partial charge in [0.2, 0.25) is 0 Å². The second kappa shape index (κ2) is 6.19. The van der Waals surface area contributed by atoms with E-state index < -0.39 is 0 Å². The van der Waals surface area contributed by atoms with Crippen LogP contribution in [0.25, 0.3) is 0 Å². The molecule has 0 spiro atoms. The Morgan fingerprint density at radius 1 is 1.56 bits per heavy atom. The maximum Gasteiger partial charge on any atom is 0.161 e. The van der Waals surface area contributed by atoms with E-state index in [1.807, 2.05) is 0 Å². The third-order valence-electron chi connectivity index (χ3n) is 0.957. The van der Waals surface area contributed by atoms with E-state index in [1.165, 1.54) is 0 Å². The van der Waals surface area contributed by atoms with E-state index in [-0.39, 0.29) is 9.76 Å². The summed E-state index contributed by atoms with van der Waals surface area (Å²) < 4.78 is 9.76. The summed E-state index contributed by atoms with van der Waals surface area (Å²) in [5, 5.41) is 0.694. The van der Waals surface area contributed by atoms with Crippen molar-refractivity contribution in [3.8, 4) is 0 Å². The molecule has 0 fully saturated rings. The molecule has 0 aromatic heterocycles. The summed E-state index contributed by atoms with van der Waals surface area (Å²) in [6, 6.07) is 1.09. The molecule has 0 rings (SSSR count). The molecule has 0 saturated heterocycles. The first kappa shape index (κ1) is 9.07. The smallest absolute Gasteiger partial charge is 0.161 e. The molecule has 4 heteroatoms. The number of hydrogen-bond acceptors (Lipinski definition) is 3. The monoisotopic (exact) mass is 164 g/mol. The number of methoxy groups -OCH3 is 1. The Labute approximate surface area is 63.5 Å². The lowest BCUT2D eigenvalue weighted by molar-refractivity contribution is 0.401. The third kappa shape index (κ3) is 5.95. The van der Waals surface area contributed by atoms with Crippen LogP contribution in [0, 0.1) is 0 Å². The Bertz CT molecular complexity index is 87.0. The van der Waals surface area contributed by atoms with Crippen LogP contribution in [0.15, 0.2) is 0 Å². The molecule has 0 radical (unpaired) electrons. The Balaban J connectivity index is 2.97. The molecule has 0 saturated carbocycles. The second-order valence-corrected chi connectivity index (χ2v) is 3.82. The summed E-state index contributed by atoms with van der Waals surface area (Å²) in [5.74, 6) is 0. The van der Waals surface area contributed by atoms with Crippen LogP contribution in [0.5, 0.6) is 0 Å². The molecule has 2 nitrogen and oxygen atoms in total. The normalized spacial score (nSPS) is 10.4. The quantitative estimate of drug-likeness (QED) is 0.342. The SMILES string of the molecule is CO[SiH2]CCC(=S)OC. The summed E-state index contributed by atoms with van der Waals surface area (Å²) in [6.45, 7) is 0. The fourth-order valence-electron chi connectivity index (χ4n) is 0.463. The van der Waals surface area contributed by atoms with Gasteiger partial charge in [0, 0.05) is 13.5 Å². The van der Waals surface area contributed by atoms with Crippen molar-refractivity contribution >= 4 is 27.0 Å². The van der Waals surface area contributed by atoms with Gasteiger partial charge in [-0.2, -0.15) is 0 Å². The van der Waals surface area contributed by atoms with Crippen LogP contribution in [0.1, 0.15) is 6.42 Å². The maximum absolute atomic E-state index is 4.96. The lowest BCUT2D eigenvalue weighted by Gasteiger charge is -1.99. The minimum absolute atomic E-state index is 0.298. The van der Waals surface area contributed by atoms with E-state index in [1.54, 1.807) is 14.2 Å². The molecule has 0 bridgehead atoms. The van der Waals surface area contributed by atoms with E-state index >= 15 is 0 Å². The van der Waals surface area contributed by atoms with Crippen molar-refractivity contribution in [2.45, 2.75) is 12.5 Å². The first-order valence-corrected chi connectivity index (χ1v) is 4.85. The number of rotatable bonds is 4. The van der Waals surface area contributed by atoms with Gasteiger partial charge in [-0.1, -0.05) is 0 Å². The van der Waals surface area contributed by atoms with Gasteiger partial charge in [0.1, 0.15) is 0 Å². The zero-order valence-corrected chi connectivity index (χ0v) is 8.08. The Hall–Kier alpha value is 0.0669. The van der Waals surface area contributed by atoms with Crippen LogP contribution < -0.4 is 0 Å². The van der Waals surface area contributed by atoms with Crippen LogP contribution >= 0.6 is 12.2 Å². The van der Waals surface area contributed by atoms with Crippen LogP contribution in [-0.4, -0.2) is 29.0 Å². The summed E-state index contributed by atoms with van der Waals surface area (Å²) >= 11 is 4.81. The Kier molecular flexibility index (Phi) is 6.24. The van der Waals surface area contributed by atoms with E-state index in [4.69, 9.17) is 21.4 Å². The van der Waals surface area contributed by atoms with Gasteiger partial charge in [-0.15, -0.1) is 0 Å². The zero-order chi connectivity index (χ0) is 7.11. The molecule has 0 unspecified atom stereocenters.